The first-order valence-corrected chi connectivity index (χ1v) is 5.54. The van der Waals surface area contributed by atoms with Gasteiger partial charge in [-0.15, -0.1) is 0 Å². The number of halogens is 1. The number of hydrogen-bond donors (Lipinski definition) is 1. The Balaban J connectivity index is 2.44. The fourth-order valence-corrected chi connectivity index (χ4v) is 2.47. The molecule has 1 N–H and O–H groups in total. The van der Waals surface area contributed by atoms with Gasteiger partial charge >= 0.3 is 0 Å². The van der Waals surface area contributed by atoms with Crippen molar-refractivity contribution in [1.82, 2.24) is 0 Å². The number of thiocyanates is 1. The van der Waals surface area contributed by atoms with E-state index in [-0.39, 0.29) is 0 Å². The molecule has 0 amide bonds. The van der Waals surface area contributed by atoms with Crippen LogP contribution in [0.15, 0.2) is 21.5 Å². The minimum atomic E-state index is 0.993. The highest BCUT2D eigenvalue weighted by molar-refractivity contribution is 9.10. The van der Waals surface area contributed by atoms with Crippen LogP contribution in [0.2, 0.25) is 0 Å². The minimum Gasteiger partial charge on any atom is -0.384 e. The van der Waals surface area contributed by atoms with E-state index in [1.165, 1.54) is 23.0 Å². The molecule has 0 aromatic heterocycles. The monoisotopic (exact) mass is 254 g/mol. The van der Waals surface area contributed by atoms with Crippen molar-refractivity contribution in [3.63, 3.8) is 0 Å². The lowest BCUT2D eigenvalue weighted by atomic mass is 10.2. The first kappa shape index (κ1) is 8.92. The van der Waals surface area contributed by atoms with E-state index >= 15 is 0 Å². The van der Waals surface area contributed by atoms with E-state index in [1.54, 1.807) is 0 Å². The van der Waals surface area contributed by atoms with Crippen LogP contribution in [0.4, 0.5) is 5.69 Å². The molecule has 1 heterocycles. The molecule has 1 aromatic carbocycles. The lowest BCUT2D eigenvalue weighted by molar-refractivity contribution is 1.10. The average molecular weight is 255 g/mol. The highest BCUT2D eigenvalue weighted by Crippen LogP contribution is 2.34. The van der Waals surface area contributed by atoms with Crippen LogP contribution in [0.1, 0.15) is 5.56 Å². The lowest BCUT2D eigenvalue weighted by Gasteiger charge is -2.03. The van der Waals surface area contributed by atoms with Gasteiger partial charge in [0.05, 0.1) is 0 Å². The molecule has 2 nitrogen and oxygen atoms in total. The molecule has 0 saturated heterocycles. The predicted octanol–water partition coefficient (Wildman–Crippen LogP) is 2.99. The predicted molar refractivity (Wildman–Crippen MR) is 57.8 cm³/mol. The first-order chi connectivity index (χ1) is 6.31. The summed E-state index contributed by atoms with van der Waals surface area (Å²) in [5.41, 5.74) is 2.50. The zero-order valence-electron chi connectivity index (χ0n) is 6.80. The molecule has 0 unspecified atom stereocenters. The first-order valence-electron chi connectivity index (χ1n) is 3.93. The SMILES string of the molecule is N#CSc1cc2c(cc1Br)NCC2. The van der Waals surface area contributed by atoms with E-state index in [9.17, 15) is 0 Å². The number of nitriles is 1. The quantitative estimate of drug-likeness (QED) is 0.619. The molecule has 1 aromatic rings. The second kappa shape index (κ2) is 3.60. The van der Waals surface area contributed by atoms with Crippen molar-refractivity contribution in [3.05, 3.63) is 22.2 Å². The molecular weight excluding hydrogens is 248 g/mol. The fourth-order valence-electron chi connectivity index (χ4n) is 1.43. The molecule has 0 bridgehead atoms. The van der Waals surface area contributed by atoms with Gasteiger partial charge in [0.15, 0.2) is 0 Å². The maximum atomic E-state index is 8.57. The van der Waals surface area contributed by atoms with Gasteiger partial charge in [-0.05, 0) is 51.8 Å². The van der Waals surface area contributed by atoms with E-state index in [2.05, 4.69) is 32.7 Å². The maximum Gasteiger partial charge on any atom is 0.138 e. The van der Waals surface area contributed by atoms with Crippen molar-refractivity contribution >= 4 is 33.4 Å². The van der Waals surface area contributed by atoms with Gasteiger partial charge in [0.1, 0.15) is 5.40 Å². The van der Waals surface area contributed by atoms with Crippen LogP contribution in [0.5, 0.6) is 0 Å². The summed E-state index contributed by atoms with van der Waals surface area (Å²) in [6, 6.07) is 4.12. The van der Waals surface area contributed by atoms with E-state index in [1.807, 2.05) is 6.07 Å². The van der Waals surface area contributed by atoms with Gasteiger partial charge in [-0.2, -0.15) is 5.26 Å². The Hall–Kier alpha value is -0.660. The largest absolute Gasteiger partial charge is 0.384 e. The van der Waals surface area contributed by atoms with Crippen molar-refractivity contribution in [2.75, 3.05) is 11.9 Å². The number of fused-ring (bicyclic) bond motifs is 1. The average Bonchev–Trinajstić information content (AvgIpc) is 2.52. The summed E-state index contributed by atoms with van der Waals surface area (Å²) in [6.45, 7) is 1.00. The van der Waals surface area contributed by atoms with Crippen LogP contribution >= 0.6 is 27.7 Å². The van der Waals surface area contributed by atoms with Gasteiger partial charge in [-0.1, -0.05) is 0 Å². The maximum absolute atomic E-state index is 8.57. The molecular formula is C9H7BrN2S. The van der Waals surface area contributed by atoms with Gasteiger partial charge < -0.3 is 5.32 Å². The van der Waals surface area contributed by atoms with Crippen LogP contribution < -0.4 is 5.32 Å². The molecule has 0 radical (unpaired) electrons. The Morgan fingerprint density at radius 3 is 3.15 bits per heavy atom. The van der Waals surface area contributed by atoms with Crippen LogP contribution in [0, 0.1) is 10.7 Å². The number of rotatable bonds is 1. The number of anilines is 1. The van der Waals surface area contributed by atoms with Gasteiger partial charge in [0.2, 0.25) is 0 Å². The third kappa shape index (κ3) is 1.67. The minimum absolute atomic E-state index is 0.993. The molecule has 0 saturated carbocycles. The van der Waals surface area contributed by atoms with Crippen molar-refractivity contribution in [2.24, 2.45) is 0 Å². The summed E-state index contributed by atoms with van der Waals surface area (Å²) >= 11 is 4.64. The highest BCUT2D eigenvalue weighted by Gasteiger charge is 2.12. The lowest BCUT2D eigenvalue weighted by Crippen LogP contribution is -1.90. The van der Waals surface area contributed by atoms with Gasteiger partial charge in [0.25, 0.3) is 0 Å². The molecule has 0 aliphatic carbocycles. The van der Waals surface area contributed by atoms with E-state index in [0.29, 0.717) is 0 Å². The molecule has 2 rings (SSSR count). The summed E-state index contributed by atoms with van der Waals surface area (Å²) in [5, 5.41) is 13.9. The van der Waals surface area contributed by atoms with Gasteiger partial charge in [-0.3, -0.25) is 0 Å². The Kier molecular flexibility index (Phi) is 2.47. The zero-order chi connectivity index (χ0) is 9.26. The number of nitrogens with zero attached hydrogens (tertiary/aromatic N) is 1. The fraction of sp³-hybridized carbons (Fsp3) is 0.222. The molecule has 0 fully saturated rings. The third-order valence-electron chi connectivity index (χ3n) is 2.02. The Bertz CT molecular complexity index is 384. The van der Waals surface area contributed by atoms with E-state index < -0.39 is 0 Å². The van der Waals surface area contributed by atoms with E-state index in [0.717, 1.165) is 22.3 Å². The smallest absolute Gasteiger partial charge is 0.138 e. The number of nitrogens with one attached hydrogen (secondary N) is 1. The van der Waals surface area contributed by atoms with Crippen LogP contribution in [-0.2, 0) is 6.42 Å². The Morgan fingerprint density at radius 2 is 2.38 bits per heavy atom. The van der Waals surface area contributed by atoms with Crippen molar-refractivity contribution in [2.45, 2.75) is 11.3 Å². The van der Waals surface area contributed by atoms with Crippen LogP contribution in [-0.4, -0.2) is 6.54 Å². The summed E-state index contributed by atoms with van der Waals surface area (Å²) in [6.07, 6.45) is 1.06. The van der Waals surface area contributed by atoms with Gasteiger partial charge in [0, 0.05) is 21.6 Å². The summed E-state index contributed by atoms with van der Waals surface area (Å²) < 4.78 is 0.993. The molecule has 0 atom stereocenters. The summed E-state index contributed by atoms with van der Waals surface area (Å²) in [4.78, 5) is 1.00. The third-order valence-corrected chi connectivity index (χ3v) is 3.59. The van der Waals surface area contributed by atoms with Crippen molar-refractivity contribution in [3.8, 4) is 5.40 Å². The zero-order valence-corrected chi connectivity index (χ0v) is 9.20. The molecule has 1 aliphatic heterocycles. The number of thioether (sulfide) groups is 1. The highest BCUT2D eigenvalue weighted by atomic mass is 79.9. The summed E-state index contributed by atoms with van der Waals surface area (Å²) in [5.74, 6) is 0. The molecule has 1 aliphatic rings. The van der Waals surface area contributed by atoms with Crippen molar-refractivity contribution in [1.29, 1.82) is 5.26 Å². The standard InChI is InChI=1S/C9H7BrN2S/c10-7-4-8-6(1-2-12-8)3-9(7)13-5-11/h3-4,12H,1-2H2. The number of hydrogen-bond acceptors (Lipinski definition) is 3. The Labute approximate surface area is 89.5 Å². The molecule has 13 heavy (non-hydrogen) atoms. The van der Waals surface area contributed by atoms with Crippen LogP contribution in [0.25, 0.3) is 0 Å². The van der Waals surface area contributed by atoms with E-state index in [4.69, 9.17) is 5.26 Å². The molecule has 4 heteroatoms. The Morgan fingerprint density at radius 1 is 1.54 bits per heavy atom. The topological polar surface area (TPSA) is 35.8 Å². The normalized spacial score (nSPS) is 13.2. The second-order valence-corrected chi connectivity index (χ2v) is 4.49. The summed E-state index contributed by atoms with van der Waals surface area (Å²) in [7, 11) is 0. The number of benzene rings is 1. The molecule has 0 spiro atoms. The second-order valence-electron chi connectivity index (χ2n) is 2.81. The molecule has 66 valence electrons. The van der Waals surface area contributed by atoms with Crippen LogP contribution in [0.3, 0.4) is 0 Å². The van der Waals surface area contributed by atoms with Gasteiger partial charge in [-0.25, -0.2) is 0 Å². The van der Waals surface area contributed by atoms with Crippen molar-refractivity contribution < 1.29 is 0 Å².